The third kappa shape index (κ3) is 6.61. The van der Waals surface area contributed by atoms with Crippen LogP contribution < -0.4 is 20.3 Å². The van der Waals surface area contributed by atoms with Crippen LogP contribution in [0.1, 0.15) is 28.8 Å². The van der Waals surface area contributed by atoms with Crippen LogP contribution in [0.2, 0.25) is 5.02 Å². The fourth-order valence-electron chi connectivity index (χ4n) is 5.39. The van der Waals surface area contributed by atoms with E-state index in [9.17, 15) is 9.18 Å². The number of likely N-dealkylation sites (N-methyl/N-ethyl adjacent to an activating group) is 1. The number of aromatic nitrogens is 2. The Morgan fingerprint density at radius 1 is 1.10 bits per heavy atom. The summed E-state index contributed by atoms with van der Waals surface area (Å²) in [5.74, 6) is 0.273. The Hall–Kier alpha value is -3.86. The number of anilines is 3. The largest absolute Gasteiger partial charge is 0.489 e. The molecule has 0 bridgehead atoms. The molecule has 0 atom stereocenters. The van der Waals surface area contributed by atoms with Gasteiger partial charge in [-0.05, 0) is 80.1 Å². The van der Waals surface area contributed by atoms with Crippen molar-refractivity contribution in [3.63, 3.8) is 0 Å². The molecule has 1 aromatic heterocycles. The summed E-state index contributed by atoms with van der Waals surface area (Å²) in [7, 11) is 2.14. The number of nitrogens with one attached hydrogen (secondary N) is 3. The van der Waals surface area contributed by atoms with Crippen molar-refractivity contribution in [2.45, 2.75) is 25.5 Å². The highest BCUT2D eigenvalue weighted by molar-refractivity contribution is 6.30. The summed E-state index contributed by atoms with van der Waals surface area (Å²) in [5, 5.41) is 15.0. The molecular formula is C31H34ClFN6O3. The van der Waals surface area contributed by atoms with Gasteiger partial charge in [0.25, 0.3) is 5.91 Å². The normalized spacial score (nSPS) is 16.5. The number of carbonyl (C=O) groups is 1. The summed E-state index contributed by atoms with van der Waals surface area (Å²) < 4.78 is 25.2. The van der Waals surface area contributed by atoms with Crippen molar-refractivity contribution in [1.29, 1.82) is 0 Å². The lowest BCUT2D eigenvalue weighted by Crippen LogP contribution is -2.44. The molecule has 2 aliphatic heterocycles. The number of hydrogen-bond donors (Lipinski definition) is 3. The molecule has 2 aliphatic rings. The van der Waals surface area contributed by atoms with Crippen LogP contribution in [0.3, 0.4) is 0 Å². The van der Waals surface area contributed by atoms with Gasteiger partial charge in [-0.3, -0.25) is 9.89 Å². The Morgan fingerprint density at radius 2 is 1.90 bits per heavy atom. The number of rotatable bonds is 8. The third-order valence-corrected chi connectivity index (χ3v) is 8.01. The smallest absolute Gasteiger partial charge is 0.258 e. The average molecular weight is 593 g/mol. The van der Waals surface area contributed by atoms with E-state index in [1.807, 2.05) is 18.2 Å². The summed E-state index contributed by atoms with van der Waals surface area (Å²) in [6.07, 6.45) is 1.77. The molecule has 9 nitrogen and oxygen atoms in total. The van der Waals surface area contributed by atoms with Crippen molar-refractivity contribution in [2.24, 2.45) is 0 Å². The van der Waals surface area contributed by atoms with Crippen LogP contribution in [0.5, 0.6) is 5.75 Å². The molecule has 0 radical (unpaired) electrons. The SMILES string of the molecule is CN1CCN(c2ccc(C(=O)Nc3n[nH]c4ccc(OCc5cc(F)cc(Cl)c5)cc34)c(NC3CCOCC3)c2)CC1. The molecule has 3 heterocycles. The number of fused-ring (bicyclic) bond motifs is 1. The molecule has 3 N–H and O–H groups in total. The molecule has 6 rings (SSSR count). The number of benzene rings is 3. The van der Waals surface area contributed by atoms with E-state index in [1.165, 1.54) is 12.1 Å². The minimum Gasteiger partial charge on any atom is -0.489 e. The van der Waals surface area contributed by atoms with E-state index in [0.717, 1.165) is 55.9 Å². The predicted molar refractivity (Wildman–Crippen MR) is 163 cm³/mol. The van der Waals surface area contributed by atoms with Crippen LogP contribution in [0, 0.1) is 5.82 Å². The van der Waals surface area contributed by atoms with Crippen molar-refractivity contribution < 1.29 is 18.7 Å². The minimum absolute atomic E-state index is 0.142. The van der Waals surface area contributed by atoms with E-state index in [4.69, 9.17) is 21.1 Å². The number of H-pyrrole nitrogens is 1. The molecule has 3 aromatic carbocycles. The standard InChI is InChI=1S/C31H34ClFN6O3/c1-38-8-10-39(11-9-38)24-2-4-26(29(17-24)34-23-6-12-41-13-7-23)31(40)35-30-27-18-25(3-5-28(27)36-37-30)42-19-20-14-21(32)16-22(33)15-20/h2-5,14-18,23,34H,6-13,19H2,1H3,(H2,35,36,37,40). The van der Waals surface area contributed by atoms with Crippen molar-refractivity contribution in [3.8, 4) is 5.75 Å². The van der Waals surface area contributed by atoms with E-state index in [2.05, 4.69) is 43.7 Å². The van der Waals surface area contributed by atoms with Gasteiger partial charge in [0, 0.05) is 67.2 Å². The van der Waals surface area contributed by atoms with Crippen LogP contribution >= 0.6 is 11.6 Å². The maximum Gasteiger partial charge on any atom is 0.258 e. The Bertz CT molecular complexity index is 1550. The topological polar surface area (TPSA) is 94.8 Å². The fraction of sp³-hybridized carbons (Fsp3) is 0.355. The number of carbonyl (C=O) groups excluding carboxylic acids is 1. The summed E-state index contributed by atoms with van der Waals surface area (Å²) in [4.78, 5) is 18.4. The second kappa shape index (κ2) is 12.6. The van der Waals surface area contributed by atoms with Crippen LogP contribution in [-0.2, 0) is 11.3 Å². The van der Waals surface area contributed by atoms with Crippen LogP contribution in [0.15, 0.2) is 54.6 Å². The third-order valence-electron chi connectivity index (χ3n) is 7.79. The number of piperazine rings is 1. The van der Waals surface area contributed by atoms with Gasteiger partial charge in [0.05, 0.1) is 11.1 Å². The van der Waals surface area contributed by atoms with Crippen molar-refractivity contribution in [3.05, 3.63) is 76.6 Å². The molecule has 0 saturated carbocycles. The van der Waals surface area contributed by atoms with E-state index >= 15 is 0 Å². The van der Waals surface area contributed by atoms with Crippen LogP contribution in [0.4, 0.5) is 21.6 Å². The summed E-state index contributed by atoms with van der Waals surface area (Å²) in [6, 6.07) is 15.9. The summed E-state index contributed by atoms with van der Waals surface area (Å²) in [6.45, 7) is 5.42. The van der Waals surface area contributed by atoms with Crippen molar-refractivity contribution >= 4 is 45.6 Å². The molecule has 2 saturated heterocycles. The zero-order valence-corrected chi connectivity index (χ0v) is 24.2. The zero-order valence-electron chi connectivity index (χ0n) is 23.5. The van der Waals surface area contributed by atoms with Gasteiger partial charge in [0.1, 0.15) is 18.2 Å². The van der Waals surface area contributed by atoms with Gasteiger partial charge < -0.3 is 29.9 Å². The maximum absolute atomic E-state index is 13.7. The number of amides is 1. The molecule has 220 valence electrons. The number of hydrogen-bond acceptors (Lipinski definition) is 7. The van der Waals surface area contributed by atoms with Gasteiger partial charge in [-0.1, -0.05) is 11.6 Å². The molecule has 1 amide bonds. The summed E-state index contributed by atoms with van der Waals surface area (Å²) >= 11 is 5.97. The second-order valence-electron chi connectivity index (χ2n) is 10.9. The Kier molecular flexibility index (Phi) is 8.46. The molecule has 0 unspecified atom stereocenters. The van der Waals surface area contributed by atoms with E-state index < -0.39 is 5.82 Å². The van der Waals surface area contributed by atoms with Gasteiger partial charge in [0.2, 0.25) is 0 Å². The number of ether oxygens (including phenoxy) is 2. The van der Waals surface area contributed by atoms with Crippen LogP contribution in [-0.4, -0.2) is 73.5 Å². The molecule has 4 aromatic rings. The quantitative estimate of drug-likeness (QED) is 0.248. The highest BCUT2D eigenvalue weighted by Crippen LogP contribution is 2.30. The molecule has 0 spiro atoms. The lowest BCUT2D eigenvalue weighted by molar-refractivity contribution is 0.0904. The lowest BCUT2D eigenvalue weighted by atomic mass is 10.1. The Morgan fingerprint density at radius 3 is 2.69 bits per heavy atom. The highest BCUT2D eigenvalue weighted by Gasteiger charge is 2.22. The van der Waals surface area contributed by atoms with E-state index in [0.29, 0.717) is 46.3 Å². The van der Waals surface area contributed by atoms with E-state index in [-0.39, 0.29) is 18.6 Å². The van der Waals surface area contributed by atoms with Crippen molar-refractivity contribution in [1.82, 2.24) is 15.1 Å². The second-order valence-corrected chi connectivity index (χ2v) is 11.3. The minimum atomic E-state index is -0.418. The van der Waals surface area contributed by atoms with Gasteiger partial charge >= 0.3 is 0 Å². The lowest BCUT2D eigenvalue weighted by Gasteiger charge is -2.34. The predicted octanol–water partition coefficient (Wildman–Crippen LogP) is 5.53. The van der Waals surface area contributed by atoms with E-state index in [1.54, 1.807) is 18.2 Å². The Balaban J connectivity index is 1.22. The van der Waals surface area contributed by atoms with Gasteiger partial charge in [-0.25, -0.2) is 4.39 Å². The zero-order chi connectivity index (χ0) is 29.1. The first kappa shape index (κ1) is 28.3. The number of halogens is 2. The molecule has 42 heavy (non-hydrogen) atoms. The average Bonchev–Trinajstić information content (AvgIpc) is 3.38. The first-order chi connectivity index (χ1) is 20.4. The van der Waals surface area contributed by atoms with Gasteiger partial charge in [-0.2, -0.15) is 5.10 Å². The fourth-order valence-corrected chi connectivity index (χ4v) is 5.63. The maximum atomic E-state index is 13.7. The first-order valence-electron chi connectivity index (χ1n) is 14.2. The monoisotopic (exact) mass is 592 g/mol. The van der Waals surface area contributed by atoms with Gasteiger partial charge in [0.15, 0.2) is 5.82 Å². The molecule has 0 aliphatic carbocycles. The van der Waals surface area contributed by atoms with Crippen LogP contribution in [0.25, 0.3) is 10.9 Å². The molecule has 11 heteroatoms. The number of aromatic amines is 1. The van der Waals surface area contributed by atoms with Crippen molar-refractivity contribution in [2.75, 3.05) is 62.0 Å². The molecular weight excluding hydrogens is 559 g/mol. The molecule has 2 fully saturated rings. The first-order valence-corrected chi connectivity index (χ1v) is 14.6. The highest BCUT2D eigenvalue weighted by atomic mass is 35.5. The Labute approximate surface area is 248 Å². The number of nitrogens with zero attached hydrogens (tertiary/aromatic N) is 3. The van der Waals surface area contributed by atoms with Gasteiger partial charge in [-0.15, -0.1) is 0 Å². The summed E-state index contributed by atoms with van der Waals surface area (Å²) in [5.41, 5.74) is 3.81.